The van der Waals surface area contributed by atoms with Crippen LogP contribution in [0.3, 0.4) is 0 Å². The normalized spacial score (nSPS) is 12.1. The van der Waals surface area contributed by atoms with Crippen LogP contribution in [0, 0.1) is 0 Å². The molecule has 0 spiro atoms. The van der Waals surface area contributed by atoms with Crippen molar-refractivity contribution in [2.75, 3.05) is 0 Å². The van der Waals surface area contributed by atoms with E-state index in [0.29, 0.717) is 5.75 Å². The van der Waals surface area contributed by atoms with Gasteiger partial charge in [0.15, 0.2) is 0 Å². The quantitative estimate of drug-likeness (QED) is 0.416. The maximum absolute atomic E-state index is 11.0. The van der Waals surface area contributed by atoms with Gasteiger partial charge in [-0.25, -0.2) is 0 Å². The second kappa shape index (κ2) is 6.88. The van der Waals surface area contributed by atoms with Gasteiger partial charge in [0.1, 0.15) is 5.75 Å². The number of carbonyl (C=O) groups is 1. The minimum atomic E-state index is -0.309. The summed E-state index contributed by atoms with van der Waals surface area (Å²) in [5.41, 5.74) is 2.39. The number of esters is 1. The zero-order chi connectivity index (χ0) is 16.2. The first-order valence-corrected chi connectivity index (χ1v) is 8.08. The van der Waals surface area contributed by atoms with E-state index in [9.17, 15) is 4.79 Å². The number of hydrogen-bond acceptors (Lipinski definition) is 3. The Kier molecular flexibility index (Phi) is 4.68. The number of carbonyl (C=O) groups excluding carboxylic acids is 1. The molecule has 23 heavy (non-hydrogen) atoms. The zero-order valence-corrected chi connectivity index (χ0v) is 13.8. The smallest absolute Gasteiger partial charge is 0.308 e. The summed E-state index contributed by atoms with van der Waals surface area (Å²) in [6, 6.07) is 22.3. The molecular weight excluding hydrogens is 304 g/mol. The predicted molar refractivity (Wildman–Crippen MR) is 97.1 cm³/mol. The largest absolute Gasteiger partial charge is 0.427 e. The van der Waals surface area contributed by atoms with Gasteiger partial charge in [-0.15, -0.1) is 0 Å². The lowest BCUT2D eigenvalue weighted by Crippen LogP contribution is -2.02. The molecule has 116 valence electrons. The van der Waals surface area contributed by atoms with Crippen molar-refractivity contribution in [3.8, 4) is 5.75 Å². The van der Waals surface area contributed by atoms with Crippen LogP contribution >= 0.6 is 12.6 Å². The maximum atomic E-state index is 11.0. The van der Waals surface area contributed by atoms with Gasteiger partial charge >= 0.3 is 5.97 Å². The predicted octanol–water partition coefficient (Wildman–Crippen LogP) is 4.98. The maximum Gasteiger partial charge on any atom is 0.308 e. The monoisotopic (exact) mass is 322 g/mol. The number of ether oxygens (including phenoxy) is 1. The minimum Gasteiger partial charge on any atom is -0.427 e. The molecule has 1 atom stereocenters. The summed E-state index contributed by atoms with van der Waals surface area (Å²) >= 11 is 4.75. The van der Waals surface area contributed by atoms with Crippen molar-refractivity contribution in [1.82, 2.24) is 0 Å². The molecule has 0 radical (unpaired) electrons. The Morgan fingerprint density at radius 3 is 2.43 bits per heavy atom. The molecule has 0 fully saturated rings. The first kappa shape index (κ1) is 15.6. The number of thiol groups is 1. The highest BCUT2D eigenvalue weighted by molar-refractivity contribution is 7.80. The Bertz CT molecular complexity index is 819. The summed E-state index contributed by atoms with van der Waals surface area (Å²) in [5, 5.41) is 2.61. The van der Waals surface area contributed by atoms with Gasteiger partial charge < -0.3 is 4.74 Å². The van der Waals surface area contributed by atoms with Crippen molar-refractivity contribution < 1.29 is 9.53 Å². The second-order valence-electron chi connectivity index (χ2n) is 5.52. The van der Waals surface area contributed by atoms with Gasteiger partial charge in [-0.3, -0.25) is 4.79 Å². The fraction of sp³-hybridized carbons (Fsp3) is 0.150. The molecule has 0 aromatic heterocycles. The van der Waals surface area contributed by atoms with Gasteiger partial charge in [-0.1, -0.05) is 54.6 Å². The molecule has 1 unspecified atom stereocenters. The standard InChI is InChI=1S/C20H18O2S/c1-14(21)22-18-11-9-16(10-12-18)20(23)13-17-7-4-6-15-5-2-3-8-19(15)17/h2-12,20,23H,13H2,1H3. The van der Waals surface area contributed by atoms with E-state index in [1.807, 2.05) is 24.3 Å². The SMILES string of the molecule is CC(=O)Oc1ccc(C(S)Cc2cccc3ccccc23)cc1. The molecule has 0 aliphatic rings. The summed E-state index contributed by atoms with van der Waals surface area (Å²) in [5.74, 6) is 0.253. The van der Waals surface area contributed by atoms with Crippen molar-refractivity contribution in [2.24, 2.45) is 0 Å². The molecule has 0 bridgehead atoms. The van der Waals surface area contributed by atoms with E-state index in [1.165, 1.54) is 23.3 Å². The summed E-state index contributed by atoms with van der Waals surface area (Å²) in [6.45, 7) is 1.40. The van der Waals surface area contributed by atoms with Gasteiger partial charge in [0, 0.05) is 12.2 Å². The van der Waals surface area contributed by atoms with Gasteiger partial charge in [-0.05, 0) is 40.5 Å². The van der Waals surface area contributed by atoms with E-state index >= 15 is 0 Å². The van der Waals surface area contributed by atoms with Crippen LogP contribution in [0.5, 0.6) is 5.75 Å². The Labute approximate surface area is 141 Å². The zero-order valence-electron chi connectivity index (χ0n) is 12.9. The first-order chi connectivity index (χ1) is 11.1. The molecule has 3 heteroatoms. The van der Waals surface area contributed by atoms with Crippen molar-refractivity contribution in [1.29, 1.82) is 0 Å². The molecule has 0 aliphatic heterocycles. The van der Waals surface area contributed by atoms with Crippen molar-refractivity contribution in [2.45, 2.75) is 18.6 Å². The van der Waals surface area contributed by atoms with Crippen LogP contribution in [0.15, 0.2) is 66.7 Å². The Morgan fingerprint density at radius 2 is 1.70 bits per heavy atom. The van der Waals surface area contributed by atoms with E-state index in [2.05, 4.69) is 42.5 Å². The van der Waals surface area contributed by atoms with Crippen molar-refractivity contribution in [3.63, 3.8) is 0 Å². The first-order valence-electron chi connectivity index (χ1n) is 7.56. The Balaban J connectivity index is 1.80. The molecule has 0 saturated heterocycles. The lowest BCUT2D eigenvalue weighted by atomic mass is 9.98. The van der Waals surface area contributed by atoms with Crippen LogP contribution in [0.4, 0.5) is 0 Å². The third-order valence-electron chi connectivity index (χ3n) is 3.82. The molecule has 0 saturated carbocycles. The molecule has 0 amide bonds. The van der Waals surface area contributed by atoms with E-state index in [0.717, 1.165) is 12.0 Å². The van der Waals surface area contributed by atoms with Gasteiger partial charge in [-0.2, -0.15) is 12.6 Å². The van der Waals surface area contributed by atoms with Gasteiger partial charge in [0.25, 0.3) is 0 Å². The summed E-state index contributed by atoms with van der Waals surface area (Å²) in [4.78, 5) is 11.0. The van der Waals surface area contributed by atoms with Crippen molar-refractivity contribution >= 4 is 29.4 Å². The molecular formula is C20H18O2S. The van der Waals surface area contributed by atoms with Gasteiger partial charge in [0.05, 0.1) is 0 Å². The molecule has 3 rings (SSSR count). The molecule has 0 N–H and O–H groups in total. The van der Waals surface area contributed by atoms with Crippen LogP contribution in [-0.2, 0) is 11.2 Å². The lowest BCUT2D eigenvalue weighted by Gasteiger charge is -2.14. The van der Waals surface area contributed by atoms with E-state index < -0.39 is 0 Å². The van der Waals surface area contributed by atoms with Crippen LogP contribution in [-0.4, -0.2) is 5.97 Å². The topological polar surface area (TPSA) is 26.3 Å². The highest BCUT2D eigenvalue weighted by atomic mass is 32.1. The molecule has 0 heterocycles. The van der Waals surface area contributed by atoms with E-state index in [4.69, 9.17) is 17.4 Å². The molecule has 3 aromatic rings. The average Bonchev–Trinajstić information content (AvgIpc) is 2.55. The van der Waals surface area contributed by atoms with Crippen molar-refractivity contribution in [3.05, 3.63) is 77.9 Å². The Hall–Kier alpha value is -2.26. The summed E-state index contributed by atoms with van der Waals surface area (Å²) in [7, 11) is 0. The average molecular weight is 322 g/mol. The third-order valence-corrected chi connectivity index (χ3v) is 4.30. The fourth-order valence-corrected chi connectivity index (χ4v) is 3.09. The Morgan fingerprint density at radius 1 is 1.00 bits per heavy atom. The second-order valence-corrected chi connectivity index (χ2v) is 6.14. The summed E-state index contributed by atoms with van der Waals surface area (Å²) < 4.78 is 5.06. The fourth-order valence-electron chi connectivity index (χ4n) is 2.72. The lowest BCUT2D eigenvalue weighted by molar-refractivity contribution is -0.131. The molecule has 3 aromatic carbocycles. The highest BCUT2D eigenvalue weighted by Gasteiger charge is 2.10. The minimum absolute atomic E-state index is 0.0900. The number of fused-ring (bicyclic) bond motifs is 1. The molecule has 0 aliphatic carbocycles. The number of benzene rings is 3. The number of rotatable bonds is 4. The van der Waals surface area contributed by atoms with Crippen LogP contribution < -0.4 is 4.74 Å². The highest BCUT2D eigenvalue weighted by Crippen LogP contribution is 2.29. The molecule has 2 nitrogen and oxygen atoms in total. The van der Waals surface area contributed by atoms with Crippen LogP contribution in [0.2, 0.25) is 0 Å². The number of hydrogen-bond donors (Lipinski definition) is 1. The van der Waals surface area contributed by atoms with Crippen LogP contribution in [0.1, 0.15) is 23.3 Å². The van der Waals surface area contributed by atoms with Gasteiger partial charge in [0.2, 0.25) is 0 Å². The van der Waals surface area contributed by atoms with E-state index in [1.54, 1.807) is 0 Å². The third kappa shape index (κ3) is 3.74. The van der Waals surface area contributed by atoms with Crippen LogP contribution in [0.25, 0.3) is 10.8 Å². The van der Waals surface area contributed by atoms with E-state index in [-0.39, 0.29) is 11.2 Å². The summed E-state index contributed by atoms with van der Waals surface area (Å²) in [6.07, 6.45) is 0.845.